The quantitative estimate of drug-likeness (QED) is 0.687. The number of carboxylic acid groups (broad SMARTS) is 1. The van der Waals surface area contributed by atoms with E-state index in [9.17, 15) is 19.3 Å². The number of nitro benzene ring substituents is 1. The monoisotopic (exact) mass is 275 g/mol. The van der Waals surface area contributed by atoms with Gasteiger partial charge in [0.1, 0.15) is 5.82 Å². The molecule has 2 rings (SSSR count). The molecule has 0 atom stereocenters. The standard InChI is InChI=1S/C14H10FNO4/c1-8-6-10(15)3-5-11(8)12-4-2-9(14(17)18)7-13(12)16(19)20/h2-7H,1H3,(H,17,18). The number of benzene rings is 2. The average molecular weight is 275 g/mol. The van der Waals surface area contributed by atoms with E-state index < -0.39 is 16.7 Å². The van der Waals surface area contributed by atoms with E-state index in [0.29, 0.717) is 11.1 Å². The molecule has 20 heavy (non-hydrogen) atoms. The van der Waals surface area contributed by atoms with E-state index in [1.165, 1.54) is 30.3 Å². The number of rotatable bonds is 3. The van der Waals surface area contributed by atoms with Crippen LogP contribution < -0.4 is 0 Å². The molecule has 2 aromatic carbocycles. The van der Waals surface area contributed by atoms with Crippen LogP contribution in [0.25, 0.3) is 11.1 Å². The smallest absolute Gasteiger partial charge is 0.335 e. The van der Waals surface area contributed by atoms with Crippen LogP contribution in [0.5, 0.6) is 0 Å². The summed E-state index contributed by atoms with van der Waals surface area (Å²) in [6, 6.07) is 7.56. The molecule has 1 N–H and O–H groups in total. The van der Waals surface area contributed by atoms with E-state index in [0.717, 1.165) is 6.07 Å². The first-order chi connectivity index (χ1) is 9.40. The molecular weight excluding hydrogens is 265 g/mol. The van der Waals surface area contributed by atoms with Crippen molar-refractivity contribution < 1.29 is 19.2 Å². The molecular formula is C14H10FNO4. The first-order valence-corrected chi connectivity index (χ1v) is 5.68. The average Bonchev–Trinajstić information content (AvgIpc) is 2.38. The van der Waals surface area contributed by atoms with Crippen LogP contribution in [-0.4, -0.2) is 16.0 Å². The number of hydrogen-bond donors (Lipinski definition) is 1. The van der Waals surface area contributed by atoms with E-state index >= 15 is 0 Å². The van der Waals surface area contributed by atoms with Gasteiger partial charge in [0.25, 0.3) is 5.69 Å². The molecule has 0 unspecified atom stereocenters. The fraction of sp³-hybridized carbons (Fsp3) is 0.0714. The third kappa shape index (κ3) is 2.49. The van der Waals surface area contributed by atoms with Crippen molar-refractivity contribution in [3.63, 3.8) is 0 Å². The fourth-order valence-corrected chi connectivity index (χ4v) is 1.97. The highest BCUT2D eigenvalue weighted by Crippen LogP contribution is 2.33. The first kappa shape index (κ1) is 13.7. The highest BCUT2D eigenvalue weighted by molar-refractivity contribution is 5.90. The van der Waals surface area contributed by atoms with Crippen LogP contribution in [0, 0.1) is 22.9 Å². The summed E-state index contributed by atoms with van der Waals surface area (Å²) in [5.74, 6) is -1.67. The Morgan fingerprint density at radius 1 is 1.20 bits per heavy atom. The van der Waals surface area contributed by atoms with Gasteiger partial charge in [-0.1, -0.05) is 6.07 Å². The second kappa shape index (κ2) is 5.08. The van der Waals surface area contributed by atoms with Gasteiger partial charge in [-0.2, -0.15) is 0 Å². The van der Waals surface area contributed by atoms with Gasteiger partial charge in [0.2, 0.25) is 0 Å². The predicted molar refractivity (Wildman–Crippen MR) is 70.2 cm³/mol. The van der Waals surface area contributed by atoms with Crippen LogP contribution in [-0.2, 0) is 0 Å². The molecule has 0 fully saturated rings. The lowest BCUT2D eigenvalue weighted by Crippen LogP contribution is -2.00. The number of nitro groups is 1. The second-order valence-corrected chi connectivity index (χ2v) is 4.25. The van der Waals surface area contributed by atoms with Crippen LogP contribution in [0.1, 0.15) is 15.9 Å². The minimum Gasteiger partial charge on any atom is -0.478 e. The molecule has 0 aliphatic carbocycles. The molecule has 0 aromatic heterocycles. The topological polar surface area (TPSA) is 80.4 Å². The fourth-order valence-electron chi connectivity index (χ4n) is 1.97. The molecule has 0 amide bonds. The summed E-state index contributed by atoms with van der Waals surface area (Å²) in [7, 11) is 0. The van der Waals surface area contributed by atoms with Gasteiger partial charge < -0.3 is 5.11 Å². The maximum Gasteiger partial charge on any atom is 0.335 e. The minimum atomic E-state index is -1.24. The summed E-state index contributed by atoms with van der Waals surface area (Å²) >= 11 is 0. The molecule has 0 radical (unpaired) electrons. The van der Waals surface area contributed by atoms with E-state index in [1.807, 2.05) is 0 Å². The van der Waals surface area contributed by atoms with Crippen molar-refractivity contribution in [1.29, 1.82) is 0 Å². The zero-order valence-electron chi connectivity index (χ0n) is 10.5. The van der Waals surface area contributed by atoms with E-state index in [2.05, 4.69) is 0 Å². The molecule has 0 spiro atoms. The molecule has 6 heteroatoms. The van der Waals surface area contributed by atoms with Gasteiger partial charge in [-0.15, -0.1) is 0 Å². The maximum absolute atomic E-state index is 13.1. The molecule has 102 valence electrons. The molecule has 0 saturated heterocycles. The number of aryl methyl sites for hydroxylation is 1. The Hall–Kier alpha value is -2.76. The van der Waals surface area contributed by atoms with Crippen molar-refractivity contribution in [3.05, 3.63) is 63.5 Å². The summed E-state index contributed by atoms with van der Waals surface area (Å²) in [4.78, 5) is 21.3. The summed E-state index contributed by atoms with van der Waals surface area (Å²) in [6.45, 7) is 1.63. The van der Waals surface area contributed by atoms with Gasteiger partial charge in [0, 0.05) is 6.07 Å². The van der Waals surface area contributed by atoms with Crippen molar-refractivity contribution in [1.82, 2.24) is 0 Å². The number of nitrogens with zero attached hydrogens (tertiary/aromatic N) is 1. The Morgan fingerprint density at radius 3 is 2.40 bits per heavy atom. The summed E-state index contributed by atoms with van der Waals surface area (Å²) in [5.41, 5.74) is 0.809. The number of aromatic carboxylic acids is 1. The van der Waals surface area contributed by atoms with Gasteiger partial charge in [-0.05, 0) is 42.3 Å². The Labute approximate surface area is 113 Å². The van der Waals surface area contributed by atoms with Crippen LogP contribution in [0.15, 0.2) is 36.4 Å². The Morgan fingerprint density at radius 2 is 1.85 bits per heavy atom. The Kier molecular flexibility index (Phi) is 3.47. The van der Waals surface area contributed by atoms with Crippen molar-refractivity contribution in [2.45, 2.75) is 6.92 Å². The molecule has 0 saturated carbocycles. The van der Waals surface area contributed by atoms with E-state index in [1.54, 1.807) is 6.92 Å². The third-order valence-corrected chi connectivity index (χ3v) is 2.92. The van der Waals surface area contributed by atoms with Gasteiger partial charge in [-0.3, -0.25) is 10.1 Å². The number of carboxylic acids is 1. The third-order valence-electron chi connectivity index (χ3n) is 2.92. The molecule has 5 nitrogen and oxygen atoms in total. The van der Waals surface area contributed by atoms with Crippen LogP contribution >= 0.6 is 0 Å². The summed E-state index contributed by atoms with van der Waals surface area (Å²) in [6.07, 6.45) is 0. The van der Waals surface area contributed by atoms with Crippen molar-refractivity contribution in [2.75, 3.05) is 0 Å². The molecule has 0 aliphatic heterocycles. The van der Waals surface area contributed by atoms with Gasteiger partial charge in [0.05, 0.1) is 16.1 Å². The first-order valence-electron chi connectivity index (χ1n) is 5.68. The van der Waals surface area contributed by atoms with Gasteiger partial charge >= 0.3 is 5.97 Å². The van der Waals surface area contributed by atoms with Gasteiger partial charge in [0.15, 0.2) is 0 Å². The SMILES string of the molecule is Cc1cc(F)ccc1-c1ccc(C(=O)O)cc1[N+](=O)[O-]. The Balaban J connectivity index is 2.67. The van der Waals surface area contributed by atoms with Crippen molar-refractivity contribution in [2.24, 2.45) is 0 Å². The van der Waals surface area contributed by atoms with E-state index in [4.69, 9.17) is 5.11 Å². The lowest BCUT2D eigenvalue weighted by molar-refractivity contribution is -0.384. The Bertz CT molecular complexity index is 712. The number of carbonyl (C=O) groups is 1. The minimum absolute atomic E-state index is 0.166. The molecule has 0 aliphatic rings. The van der Waals surface area contributed by atoms with Crippen LogP contribution in [0.3, 0.4) is 0 Å². The lowest BCUT2D eigenvalue weighted by atomic mass is 9.97. The predicted octanol–water partition coefficient (Wildman–Crippen LogP) is 3.41. The second-order valence-electron chi connectivity index (χ2n) is 4.25. The van der Waals surface area contributed by atoms with Crippen LogP contribution in [0.2, 0.25) is 0 Å². The van der Waals surface area contributed by atoms with Crippen molar-refractivity contribution in [3.8, 4) is 11.1 Å². The normalized spacial score (nSPS) is 10.3. The summed E-state index contributed by atoms with van der Waals surface area (Å²) < 4.78 is 13.1. The number of hydrogen-bond acceptors (Lipinski definition) is 3. The largest absolute Gasteiger partial charge is 0.478 e. The highest BCUT2D eigenvalue weighted by Gasteiger charge is 2.19. The van der Waals surface area contributed by atoms with Crippen LogP contribution in [0.4, 0.5) is 10.1 Å². The summed E-state index contributed by atoms with van der Waals surface area (Å²) in [5, 5.41) is 20.0. The zero-order chi connectivity index (χ0) is 14.9. The number of halogens is 1. The van der Waals surface area contributed by atoms with E-state index in [-0.39, 0.29) is 16.8 Å². The molecule has 0 heterocycles. The zero-order valence-corrected chi connectivity index (χ0v) is 10.5. The molecule has 0 bridgehead atoms. The highest BCUT2D eigenvalue weighted by atomic mass is 19.1. The van der Waals surface area contributed by atoms with Crippen molar-refractivity contribution >= 4 is 11.7 Å². The van der Waals surface area contributed by atoms with Gasteiger partial charge in [-0.25, -0.2) is 9.18 Å². The lowest BCUT2D eigenvalue weighted by Gasteiger charge is -2.07. The molecule has 2 aromatic rings. The maximum atomic E-state index is 13.1.